The molecule has 0 saturated carbocycles. The van der Waals surface area contributed by atoms with Crippen LogP contribution in [-0.4, -0.2) is 52.5 Å². The first kappa shape index (κ1) is 31.4. The Bertz CT molecular complexity index is 162. The van der Waals surface area contributed by atoms with E-state index in [0.29, 0.717) is 36.9 Å². The fourth-order valence-corrected chi connectivity index (χ4v) is 1.53. The first-order valence-electron chi connectivity index (χ1n) is 8.01. The van der Waals surface area contributed by atoms with Gasteiger partial charge in [-0.05, 0) is 25.0 Å². The largest absolute Gasteiger partial charge is 0.679 e. The third-order valence-electron chi connectivity index (χ3n) is 1.81. The van der Waals surface area contributed by atoms with Crippen molar-refractivity contribution >= 4 is 15.9 Å². The Kier molecular flexibility index (Phi) is 35.5. The summed E-state index contributed by atoms with van der Waals surface area (Å²) in [5.74, 6) is 2.33. The van der Waals surface area contributed by atoms with Crippen molar-refractivity contribution in [3.63, 3.8) is 0 Å². The molecule has 6 heteroatoms. The van der Waals surface area contributed by atoms with Crippen LogP contribution in [0.2, 0.25) is 0 Å². The van der Waals surface area contributed by atoms with Crippen LogP contribution in [0.3, 0.4) is 0 Å². The molecule has 0 spiro atoms. The topological polar surface area (TPSA) is 64.3 Å². The summed E-state index contributed by atoms with van der Waals surface area (Å²) in [6.07, 6.45) is 0. The third-order valence-corrected chi connectivity index (χ3v) is 2.47. The van der Waals surface area contributed by atoms with E-state index in [1.54, 1.807) is 0 Å². The van der Waals surface area contributed by atoms with Gasteiger partial charge < -0.3 is 17.8 Å². The molecule has 0 rings (SSSR count). The van der Waals surface area contributed by atoms with Gasteiger partial charge in [0.25, 0.3) is 0 Å². The summed E-state index contributed by atoms with van der Waals surface area (Å²) in [7, 11) is 0. The van der Waals surface area contributed by atoms with E-state index in [1.165, 1.54) is 0 Å². The second-order valence-electron chi connectivity index (χ2n) is 6.75. The molecular formula is C16H40AlErO4+. The summed E-state index contributed by atoms with van der Waals surface area (Å²) < 4.78 is 10.6. The van der Waals surface area contributed by atoms with Crippen molar-refractivity contribution in [2.45, 2.75) is 55.4 Å². The van der Waals surface area contributed by atoms with Gasteiger partial charge >= 0.3 is 0 Å². The average molecular weight is 491 g/mol. The normalized spacial score (nSPS) is 10.1. The zero-order valence-electron chi connectivity index (χ0n) is 15.8. The third kappa shape index (κ3) is 49.6. The molecule has 0 atom stereocenters. The first-order valence-corrected chi connectivity index (χ1v) is 8.95. The van der Waals surface area contributed by atoms with Gasteiger partial charge in [0.15, 0.2) is 0 Å². The Balaban J connectivity index is -0.000000124. The van der Waals surface area contributed by atoms with Crippen LogP contribution >= 0.6 is 0 Å². The second-order valence-corrected chi connectivity index (χ2v) is 7.61. The van der Waals surface area contributed by atoms with Gasteiger partial charge in [-0.15, -0.1) is 0 Å². The summed E-state index contributed by atoms with van der Waals surface area (Å²) in [6.45, 7) is 19.5. The Morgan fingerprint density at radius 2 is 0.864 bits per heavy atom. The standard InChI is InChI=1S/2C4H10O.2C4H9O.Al.Er/c4*1-4(2)3-5;;/h2*4-5H,3H2,1-2H3;2*4H,3H2,1-2H3;;/q;;2*-1;+1;/p+2. The molecular weight excluding hydrogens is 450 g/mol. The van der Waals surface area contributed by atoms with E-state index in [4.69, 9.17) is 17.8 Å². The molecule has 2 radical (unpaired) electrons. The SMILES string of the molecule is CC(C)C[OH2+].CC(C)C[OH2+].CC(C)C[O][Al-][O]CC(C)C.[Er]. The minimum absolute atomic E-state index is 0. The molecule has 0 aliphatic heterocycles. The second kappa shape index (κ2) is 24.9. The van der Waals surface area contributed by atoms with Crippen molar-refractivity contribution in [1.29, 1.82) is 0 Å². The fourth-order valence-electron chi connectivity index (χ4n) is 0.512. The quantitative estimate of drug-likeness (QED) is 0.298. The maximum Gasteiger partial charge on any atom is 0.145 e. The summed E-state index contributed by atoms with van der Waals surface area (Å²) in [6, 6.07) is 0. The minimum Gasteiger partial charge on any atom is -0.679 e. The molecule has 0 saturated heterocycles. The van der Waals surface area contributed by atoms with Gasteiger partial charge in [-0.2, -0.15) is 0 Å². The van der Waals surface area contributed by atoms with Crippen LogP contribution in [0.5, 0.6) is 0 Å². The maximum absolute atomic E-state index is 6.66. The summed E-state index contributed by atoms with van der Waals surface area (Å²) in [5.41, 5.74) is 0. The fraction of sp³-hybridized carbons (Fsp3) is 1.00. The van der Waals surface area contributed by atoms with Crippen molar-refractivity contribution in [3.05, 3.63) is 0 Å². The van der Waals surface area contributed by atoms with Gasteiger partial charge in [-0.3, -0.25) is 0 Å². The van der Waals surface area contributed by atoms with E-state index in [2.05, 4.69) is 27.7 Å². The van der Waals surface area contributed by atoms with Gasteiger partial charge in [0.2, 0.25) is 0 Å². The van der Waals surface area contributed by atoms with Crippen LogP contribution in [0.15, 0.2) is 0 Å². The molecule has 142 valence electrons. The van der Waals surface area contributed by atoms with Gasteiger partial charge in [0.05, 0.1) is 0 Å². The van der Waals surface area contributed by atoms with Crippen LogP contribution in [0.1, 0.15) is 55.4 Å². The molecule has 4 nitrogen and oxygen atoms in total. The van der Waals surface area contributed by atoms with Crippen molar-refractivity contribution in [2.24, 2.45) is 23.7 Å². The Morgan fingerprint density at radius 3 is 1.00 bits per heavy atom. The zero-order chi connectivity index (χ0) is 17.3. The van der Waals surface area contributed by atoms with Crippen molar-refractivity contribution in [3.8, 4) is 0 Å². The Labute approximate surface area is 175 Å². The van der Waals surface area contributed by atoms with Gasteiger partial charge in [-0.1, -0.05) is 55.4 Å². The van der Waals surface area contributed by atoms with E-state index in [1.807, 2.05) is 27.7 Å². The molecule has 0 aromatic carbocycles. The first-order chi connectivity index (χ1) is 9.67. The number of hydrogen-bond acceptors (Lipinski definition) is 2. The number of hydrogen-bond donors (Lipinski definition) is 0. The Morgan fingerprint density at radius 1 is 0.636 bits per heavy atom. The molecule has 0 amide bonds. The van der Waals surface area contributed by atoms with Crippen molar-refractivity contribution < 1.29 is 55.1 Å². The predicted molar refractivity (Wildman–Crippen MR) is 94.0 cm³/mol. The molecule has 0 aromatic heterocycles. The van der Waals surface area contributed by atoms with E-state index >= 15 is 0 Å². The van der Waals surface area contributed by atoms with Gasteiger partial charge in [0, 0.05) is 49.1 Å². The summed E-state index contributed by atoms with van der Waals surface area (Å²) in [5, 5.41) is 13.3. The summed E-state index contributed by atoms with van der Waals surface area (Å²) in [4.78, 5) is 0. The van der Waals surface area contributed by atoms with E-state index in [-0.39, 0.29) is 53.2 Å². The molecule has 0 aliphatic rings. The average Bonchev–Trinajstić information content (AvgIpc) is 2.38. The Hall–Kier alpha value is 1.62. The van der Waals surface area contributed by atoms with Crippen molar-refractivity contribution in [1.82, 2.24) is 0 Å². The summed E-state index contributed by atoms with van der Waals surface area (Å²) >= 11 is -0.228. The smallest absolute Gasteiger partial charge is 0.145 e. The van der Waals surface area contributed by atoms with Crippen LogP contribution < -0.4 is 0 Å². The molecule has 0 unspecified atom stereocenters. The van der Waals surface area contributed by atoms with Crippen LogP contribution in [0.4, 0.5) is 0 Å². The van der Waals surface area contributed by atoms with Crippen LogP contribution in [-0.2, 0) is 7.58 Å². The molecule has 0 fully saturated rings. The molecule has 4 N–H and O–H groups in total. The van der Waals surface area contributed by atoms with E-state index < -0.39 is 0 Å². The van der Waals surface area contributed by atoms with Crippen molar-refractivity contribution in [2.75, 3.05) is 26.4 Å². The van der Waals surface area contributed by atoms with E-state index in [0.717, 1.165) is 13.2 Å². The van der Waals surface area contributed by atoms with Crippen LogP contribution in [0, 0.1) is 61.0 Å². The van der Waals surface area contributed by atoms with E-state index in [9.17, 15) is 0 Å². The monoisotopic (exact) mass is 489 g/mol. The molecule has 0 bridgehead atoms. The molecule has 22 heavy (non-hydrogen) atoms. The number of rotatable bonds is 8. The minimum atomic E-state index is -0.228. The van der Waals surface area contributed by atoms with Crippen LogP contribution in [0.25, 0.3) is 0 Å². The zero-order valence-corrected chi connectivity index (χ0v) is 18.8. The molecule has 0 aromatic rings. The maximum atomic E-state index is 6.66. The molecule has 0 heterocycles. The predicted octanol–water partition coefficient (Wildman–Crippen LogP) is 2.60. The van der Waals surface area contributed by atoms with Gasteiger partial charge in [-0.25, -0.2) is 0 Å². The molecule has 0 aliphatic carbocycles. The van der Waals surface area contributed by atoms with Gasteiger partial charge in [0.1, 0.15) is 29.1 Å².